The molecule has 0 radical (unpaired) electrons. The highest BCUT2D eigenvalue weighted by Crippen LogP contribution is 2.39. The van der Waals surface area contributed by atoms with E-state index in [0.29, 0.717) is 33.3 Å². The van der Waals surface area contributed by atoms with Crippen LogP contribution in [0, 0.1) is 0 Å². The van der Waals surface area contributed by atoms with Crippen molar-refractivity contribution >= 4 is 26.7 Å². The highest BCUT2D eigenvalue weighted by Gasteiger charge is 2.31. The molecule has 4 aromatic rings. The van der Waals surface area contributed by atoms with Crippen LogP contribution in [0.1, 0.15) is 28.4 Å². The molecule has 1 heterocycles. The van der Waals surface area contributed by atoms with Crippen molar-refractivity contribution in [3.63, 3.8) is 0 Å². The van der Waals surface area contributed by atoms with Crippen LogP contribution in [0.3, 0.4) is 0 Å². The molecule has 6 heteroatoms. The first-order valence-corrected chi connectivity index (χ1v) is 10.5. The summed E-state index contributed by atoms with van der Waals surface area (Å²) < 4.78 is 27.7. The van der Waals surface area contributed by atoms with E-state index in [0.717, 1.165) is 16.1 Å². The number of fused-ring (bicyclic) bond motifs is 2. The summed E-state index contributed by atoms with van der Waals surface area (Å²) in [5.74, 6) is -0.113. The molecule has 1 aliphatic carbocycles. The van der Waals surface area contributed by atoms with Crippen LogP contribution in [0.5, 0.6) is 0 Å². The number of nitrogens with zero attached hydrogens (tertiary/aromatic N) is 2. The van der Waals surface area contributed by atoms with Gasteiger partial charge in [0, 0.05) is 22.1 Å². The number of benzene rings is 3. The minimum atomic E-state index is -3.89. The van der Waals surface area contributed by atoms with Gasteiger partial charge in [-0.25, -0.2) is 0 Å². The van der Waals surface area contributed by atoms with E-state index >= 15 is 0 Å². The van der Waals surface area contributed by atoms with E-state index < -0.39 is 10.0 Å². The predicted molar refractivity (Wildman–Crippen MR) is 107 cm³/mol. The van der Waals surface area contributed by atoms with Crippen LogP contribution >= 0.6 is 0 Å². The fourth-order valence-corrected chi connectivity index (χ4v) is 5.01. The largest absolute Gasteiger partial charge is 0.289 e. The van der Waals surface area contributed by atoms with Crippen molar-refractivity contribution in [2.75, 3.05) is 0 Å². The lowest BCUT2D eigenvalue weighted by Crippen LogP contribution is -2.14. The minimum absolute atomic E-state index is 0.113. The molecule has 138 valence electrons. The first kappa shape index (κ1) is 16.9. The van der Waals surface area contributed by atoms with Crippen molar-refractivity contribution in [1.82, 2.24) is 9.19 Å². The normalized spacial score (nSPS) is 13.0. The summed E-state index contributed by atoms with van der Waals surface area (Å²) >= 11 is 0. The Hall–Kier alpha value is -3.25. The number of carbonyl (C=O) groups is 1. The smallest absolute Gasteiger partial charge is 0.283 e. The van der Waals surface area contributed by atoms with Crippen molar-refractivity contribution in [2.24, 2.45) is 0 Å². The number of aromatic nitrogens is 2. The van der Waals surface area contributed by atoms with E-state index in [9.17, 15) is 13.2 Å². The van der Waals surface area contributed by atoms with Crippen LogP contribution in [0.2, 0.25) is 0 Å². The molecule has 0 saturated heterocycles. The monoisotopic (exact) mass is 388 g/mol. The summed E-state index contributed by atoms with van der Waals surface area (Å²) in [7, 11) is -3.89. The highest BCUT2D eigenvalue weighted by molar-refractivity contribution is 7.90. The predicted octanol–water partition coefficient (Wildman–Crippen LogP) is 4.05. The topological polar surface area (TPSA) is 69.0 Å². The van der Waals surface area contributed by atoms with Gasteiger partial charge in [-0.2, -0.15) is 17.6 Å². The van der Waals surface area contributed by atoms with Crippen LogP contribution in [-0.2, 0) is 16.4 Å². The molecule has 0 spiro atoms. The Kier molecular flexibility index (Phi) is 3.54. The number of ketones is 1. The lowest BCUT2D eigenvalue weighted by atomic mass is 9.87. The van der Waals surface area contributed by atoms with Crippen molar-refractivity contribution in [3.05, 3.63) is 83.4 Å². The van der Waals surface area contributed by atoms with Gasteiger partial charge >= 0.3 is 0 Å². The molecule has 0 atom stereocenters. The van der Waals surface area contributed by atoms with Crippen molar-refractivity contribution < 1.29 is 13.2 Å². The number of aryl methyl sites for hydroxylation is 1. The Balaban J connectivity index is 1.81. The first-order valence-electron chi connectivity index (χ1n) is 9.02. The first-order chi connectivity index (χ1) is 13.5. The van der Waals surface area contributed by atoms with Gasteiger partial charge in [0.2, 0.25) is 0 Å². The Morgan fingerprint density at radius 3 is 2.25 bits per heavy atom. The number of hydrogen-bond acceptors (Lipinski definition) is 4. The summed E-state index contributed by atoms with van der Waals surface area (Å²) in [4.78, 5) is 13.1. The number of carbonyl (C=O) groups excluding carboxylic acids is 1. The van der Waals surface area contributed by atoms with E-state index in [1.165, 1.54) is 0 Å². The molecule has 3 aromatic carbocycles. The fraction of sp³-hybridized carbons (Fsp3) is 0.0909. The molecule has 0 aliphatic heterocycles. The second kappa shape index (κ2) is 5.87. The molecule has 0 N–H and O–H groups in total. The van der Waals surface area contributed by atoms with E-state index in [1.807, 2.05) is 25.1 Å². The number of rotatable bonds is 3. The Morgan fingerprint density at radius 1 is 0.857 bits per heavy atom. The Bertz CT molecular complexity index is 1370. The van der Waals surface area contributed by atoms with Crippen LogP contribution in [-0.4, -0.2) is 23.4 Å². The molecule has 0 unspecified atom stereocenters. The van der Waals surface area contributed by atoms with Gasteiger partial charge in [-0.05, 0) is 30.2 Å². The zero-order valence-electron chi connectivity index (χ0n) is 15.1. The van der Waals surface area contributed by atoms with Gasteiger partial charge in [-0.1, -0.05) is 55.5 Å². The molecular formula is C22H16N2O3S. The second-order valence-corrected chi connectivity index (χ2v) is 8.54. The van der Waals surface area contributed by atoms with E-state index in [1.54, 1.807) is 48.5 Å². The Morgan fingerprint density at radius 2 is 1.54 bits per heavy atom. The zero-order valence-corrected chi connectivity index (χ0v) is 15.9. The van der Waals surface area contributed by atoms with Crippen molar-refractivity contribution in [2.45, 2.75) is 18.2 Å². The minimum Gasteiger partial charge on any atom is -0.289 e. The van der Waals surface area contributed by atoms with Crippen molar-refractivity contribution in [3.8, 4) is 11.3 Å². The van der Waals surface area contributed by atoms with E-state index in [2.05, 4.69) is 5.10 Å². The molecular weight excluding hydrogens is 372 g/mol. The second-order valence-electron chi connectivity index (χ2n) is 6.77. The molecule has 1 aromatic heterocycles. The summed E-state index contributed by atoms with van der Waals surface area (Å²) in [5.41, 5.74) is 3.67. The molecule has 5 rings (SSSR count). The SMILES string of the molecule is CCc1ccc(S(=O)(=O)n2nc3c4c(cccc42)C(=O)c2ccccc2-3)cc1. The van der Waals surface area contributed by atoms with Gasteiger partial charge in [0.25, 0.3) is 10.0 Å². The Labute approximate surface area is 162 Å². The van der Waals surface area contributed by atoms with E-state index in [4.69, 9.17) is 0 Å². The molecule has 0 amide bonds. The lowest BCUT2D eigenvalue weighted by molar-refractivity contribution is 0.104. The fourth-order valence-electron chi connectivity index (χ4n) is 3.73. The molecule has 0 bridgehead atoms. The molecule has 1 aliphatic rings. The molecule has 0 saturated carbocycles. The van der Waals surface area contributed by atoms with Crippen LogP contribution in [0.4, 0.5) is 0 Å². The molecule has 28 heavy (non-hydrogen) atoms. The third-order valence-electron chi connectivity index (χ3n) is 5.20. The summed E-state index contributed by atoms with van der Waals surface area (Å²) in [6, 6.07) is 19.1. The lowest BCUT2D eigenvalue weighted by Gasteiger charge is -2.13. The molecule has 5 nitrogen and oxygen atoms in total. The van der Waals surface area contributed by atoms with Gasteiger partial charge in [0.1, 0.15) is 5.69 Å². The standard InChI is InChI=1S/C22H16N2O3S/c1-2-14-10-12-15(13-11-14)28(26,27)24-19-9-5-8-18-20(19)21(23-24)16-6-3-4-7-17(16)22(18)25/h3-13H,2H2,1H3. The maximum atomic E-state index is 13.3. The van der Waals surface area contributed by atoms with Crippen LogP contribution in [0.15, 0.2) is 71.6 Å². The average molecular weight is 388 g/mol. The zero-order chi connectivity index (χ0) is 19.5. The quantitative estimate of drug-likeness (QED) is 0.468. The average Bonchev–Trinajstić information content (AvgIpc) is 3.13. The maximum Gasteiger partial charge on any atom is 0.283 e. The van der Waals surface area contributed by atoms with Gasteiger partial charge in [-0.3, -0.25) is 4.79 Å². The van der Waals surface area contributed by atoms with Crippen LogP contribution < -0.4 is 0 Å². The highest BCUT2D eigenvalue weighted by atomic mass is 32.2. The third-order valence-corrected chi connectivity index (χ3v) is 6.81. The van der Waals surface area contributed by atoms with Crippen molar-refractivity contribution in [1.29, 1.82) is 0 Å². The summed E-state index contributed by atoms with van der Waals surface area (Å²) in [6.45, 7) is 2.02. The maximum absolute atomic E-state index is 13.3. The van der Waals surface area contributed by atoms with Gasteiger partial charge in [-0.15, -0.1) is 0 Å². The summed E-state index contributed by atoms with van der Waals surface area (Å²) in [6.07, 6.45) is 0.831. The molecule has 0 fully saturated rings. The summed E-state index contributed by atoms with van der Waals surface area (Å²) in [5, 5.41) is 5.05. The third kappa shape index (κ3) is 2.21. The van der Waals surface area contributed by atoms with E-state index in [-0.39, 0.29) is 10.7 Å². The van der Waals surface area contributed by atoms with Gasteiger partial charge in [0.15, 0.2) is 5.78 Å². The number of hydrogen-bond donors (Lipinski definition) is 0. The van der Waals surface area contributed by atoms with Gasteiger partial charge < -0.3 is 0 Å². The van der Waals surface area contributed by atoms with Crippen LogP contribution in [0.25, 0.3) is 22.2 Å². The van der Waals surface area contributed by atoms with Gasteiger partial charge in [0.05, 0.1) is 10.4 Å².